The second kappa shape index (κ2) is 8.13. The van der Waals surface area contributed by atoms with E-state index in [9.17, 15) is 4.79 Å². The molecule has 1 aliphatic heterocycles. The molecule has 0 aliphatic carbocycles. The molecular formula is C21H30N4O2. The maximum absolute atomic E-state index is 12.4. The molecule has 0 spiro atoms. The highest BCUT2D eigenvalue weighted by molar-refractivity contribution is 5.73. The summed E-state index contributed by atoms with van der Waals surface area (Å²) < 4.78 is 5.96. The summed E-state index contributed by atoms with van der Waals surface area (Å²) in [4.78, 5) is 21.3. The van der Waals surface area contributed by atoms with Gasteiger partial charge in [-0.1, -0.05) is 30.3 Å². The number of urea groups is 1. The van der Waals surface area contributed by atoms with Crippen molar-refractivity contribution in [3.8, 4) is 0 Å². The number of amides is 2. The summed E-state index contributed by atoms with van der Waals surface area (Å²) in [6, 6.07) is 10.6. The number of hydrogen-bond donors (Lipinski definition) is 2. The standard InChI is InChI=1S/C21H30N4O2/c1-20(2)16-21(10-14-27-20,17-7-5-4-6-8-17)9-11-24-19(26)25(3)15-18-22-12-13-23-18/h4-8,12-13H,9-11,14-16H2,1-3H3,(H,22,23)(H,24,26)/t21-/m1/s1. The fourth-order valence-electron chi connectivity index (χ4n) is 4.10. The van der Waals surface area contributed by atoms with Gasteiger partial charge in [-0.05, 0) is 38.7 Å². The molecule has 0 radical (unpaired) electrons. The van der Waals surface area contributed by atoms with E-state index in [0.29, 0.717) is 13.1 Å². The van der Waals surface area contributed by atoms with Crippen LogP contribution >= 0.6 is 0 Å². The van der Waals surface area contributed by atoms with Crippen molar-refractivity contribution in [1.29, 1.82) is 0 Å². The minimum atomic E-state index is -0.159. The van der Waals surface area contributed by atoms with Crippen LogP contribution in [0.1, 0.15) is 44.5 Å². The monoisotopic (exact) mass is 370 g/mol. The van der Waals surface area contributed by atoms with Crippen LogP contribution in [-0.2, 0) is 16.7 Å². The van der Waals surface area contributed by atoms with Gasteiger partial charge in [-0.25, -0.2) is 9.78 Å². The number of rotatable bonds is 6. The molecule has 0 unspecified atom stereocenters. The van der Waals surface area contributed by atoms with E-state index in [1.807, 2.05) is 6.07 Å². The third-order valence-electron chi connectivity index (χ3n) is 5.39. The number of nitrogens with zero attached hydrogens (tertiary/aromatic N) is 2. The van der Waals surface area contributed by atoms with Gasteiger partial charge in [0, 0.05) is 38.0 Å². The van der Waals surface area contributed by atoms with Crippen LogP contribution in [0.3, 0.4) is 0 Å². The first-order valence-electron chi connectivity index (χ1n) is 9.57. The van der Waals surface area contributed by atoms with Crippen LogP contribution < -0.4 is 5.32 Å². The number of benzene rings is 1. The fraction of sp³-hybridized carbons (Fsp3) is 0.524. The summed E-state index contributed by atoms with van der Waals surface area (Å²) in [5, 5.41) is 3.07. The van der Waals surface area contributed by atoms with Gasteiger partial charge in [-0.2, -0.15) is 0 Å². The van der Waals surface area contributed by atoms with Crippen molar-refractivity contribution >= 4 is 6.03 Å². The van der Waals surface area contributed by atoms with E-state index in [0.717, 1.165) is 31.7 Å². The molecule has 2 heterocycles. The minimum absolute atomic E-state index is 0.0237. The van der Waals surface area contributed by atoms with Gasteiger partial charge in [-0.15, -0.1) is 0 Å². The van der Waals surface area contributed by atoms with Crippen LogP contribution in [-0.4, -0.2) is 46.7 Å². The molecule has 2 aromatic rings. The van der Waals surface area contributed by atoms with Crippen LogP contribution in [0.15, 0.2) is 42.7 Å². The van der Waals surface area contributed by atoms with Crippen LogP contribution in [0.5, 0.6) is 0 Å². The van der Waals surface area contributed by atoms with Gasteiger partial charge < -0.3 is 19.9 Å². The first kappa shape index (κ1) is 19.4. The number of aromatic nitrogens is 2. The Hall–Kier alpha value is -2.34. The molecule has 0 saturated carbocycles. The van der Waals surface area contributed by atoms with E-state index in [2.05, 4.69) is 53.4 Å². The first-order chi connectivity index (χ1) is 12.9. The molecule has 6 nitrogen and oxygen atoms in total. The summed E-state index contributed by atoms with van der Waals surface area (Å²) in [6.07, 6.45) is 6.26. The van der Waals surface area contributed by atoms with E-state index < -0.39 is 0 Å². The molecule has 2 N–H and O–H groups in total. The molecule has 1 aliphatic rings. The zero-order valence-corrected chi connectivity index (χ0v) is 16.5. The Morgan fingerprint density at radius 1 is 1.33 bits per heavy atom. The highest BCUT2D eigenvalue weighted by atomic mass is 16.5. The van der Waals surface area contributed by atoms with Crippen LogP contribution in [0, 0.1) is 0 Å². The van der Waals surface area contributed by atoms with Gasteiger partial charge in [0.2, 0.25) is 0 Å². The van der Waals surface area contributed by atoms with Crippen molar-refractivity contribution in [3.63, 3.8) is 0 Å². The Kier molecular flexibility index (Phi) is 5.85. The second-order valence-corrected chi connectivity index (χ2v) is 8.06. The average molecular weight is 370 g/mol. The van der Waals surface area contributed by atoms with Gasteiger partial charge in [0.15, 0.2) is 0 Å². The SMILES string of the molecule is CN(Cc1ncc[nH]1)C(=O)NCC[C@@]1(c2ccccc2)CCOC(C)(C)C1. The summed E-state index contributed by atoms with van der Waals surface area (Å²) in [7, 11) is 1.78. The Bertz CT molecular complexity index is 730. The smallest absolute Gasteiger partial charge is 0.317 e. The lowest BCUT2D eigenvalue weighted by Gasteiger charge is -2.45. The number of H-pyrrole nitrogens is 1. The maximum atomic E-state index is 12.4. The second-order valence-electron chi connectivity index (χ2n) is 8.06. The molecule has 27 heavy (non-hydrogen) atoms. The molecule has 6 heteroatoms. The Morgan fingerprint density at radius 2 is 2.11 bits per heavy atom. The topological polar surface area (TPSA) is 70.2 Å². The normalized spacial score (nSPS) is 21.6. The van der Waals surface area contributed by atoms with Crippen molar-refractivity contribution in [3.05, 3.63) is 54.1 Å². The highest BCUT2D eigenvalue weighted by Crippen LogP contribution is 2.43. The number of ether oxygens (including phenoxy) is 1. The molecule has 1 atom stereocenters. The molecular weight excluding hydrogens is 340 g/mol. The molecule has 1 saturated heterocycles. The number of hydrogen-bond acceptors (Lipinski definition) is 3. The quantitative estimate of drug-likeness (QED) is 0.818. The fourth-order valence-corrected chi connectivity index (χ4v) is 4.10. The Balaban J connectivity index is 1.62. The van der Waals surface area contributed by atoms with Gasteiger partial charge in [0.1, 0.15) is 5.82 Å². The minimum Gasteiger partial charge on any atom is -0.376 e. The summed E-state index contributed by atoms with van der Waals surface area (Å²) in [6.45, 7) is 6.14. The maximum Gasteiger partial charge on any atom is 0.317 e. The summed E-state index contributed by atoms with van der Waals surface area (Å²) >= 11 is 0. The number of carbonyl (C=O) groups is 1. The van der Waals surface area contributed by atoms with Crippen molar-refractivity contribution in [2.75, 3.05) is 20.2 Å². The third-order valence-corrected chi connectivity index (χ3v) is 5.39. The zero-order valence-electron chi connectivity index (χ0n) is 16.5. The number of carbonyl (C=O) groups excluding carboxylic acids is 1. The molecule has 1 fully saturated rings. The molecule has 2 amide bonds. The molecule has 1 aromatic carbocycles. The Morgan fingerprint density at radius 3 is 2.78 bits per heavy atom. The Labute approximate surface area is 161 Å². The number of imidazole rings is 1. The predicted molar refractivity (Wildman–Crippen MR) is 105 cm³/mol. The first-order valence-corrected chi connectivity index (χ1v) is 9.57. The van der Waals surface area contributed by atoms with Crippen molar-refractivity contribution in [2.45, 2.75) is 50.7 Å². The van der Waals surface area contributed by atoms with Gasteiger partial charge in [0.05, 0.1) is 12.1 Å². The lowest BCUT2D eigenvalue weighted by molar-refractivity contribution is -0.0838. The zero-order chi connectivity index (χ0) is 19.3. The largest absolute Gasteiger partial charge is 0.376 e. The van der Waals surface area contributed by atoms with Crippen LogP contribution in [0.4, 0.5) is 4.79 Å². The lowest BCUT2D eigenvalue weighted by atomic mass is 9.67. The van der Waals surface area contributed by atoms with E-state index in [-0.39, 0.29) is 17.0 Å². The van der Waals surface area contributed by atoms with Gasteiger partial charge in [-0.3, -0.25) is 0 Å². The molecule has 146 valence electrons. The average Bonchev–Trinajstić information content (AvgIpc) is 3.14. The van der Waals surface area contributed by atoms with E-state index in [1.165, 1.54) is 5.56 Å². The van der Waals surface area contributed by atoms with Gasteiger partial charge >= 0.3 is 6.03 Å². The van der Waals surface area contributed by atoms with E-state index >= 15 is 0 Å². The molecule has 0 bridgehead atoms. The summed E-state index contributed by atoms with van der Waals surface area (Å²) in [5.74, 6) is 0.777. The van der Waals surface area contributed by atoms with E-state index in [4.69, 9.17) is 4.74 Å². The van der Waals surface area contributed by atoms with E-state index in [1.54, 1.807) is 24.3 Å². The van der Waals surface area contributed by atoms with Crippen molar-refractivity contribution in [2.24, 2.45) is 0 Å². The number of aromatic amines is 1. The summed E-state index contributed by atoms with van der Waals surface area (Å²) in [5.41, 5.74) is 1.20. The predicted octanol–water partition coefficient (Wildman–Crippen LogP) is 3.47. The van der Waals surface area contributed by atoms with Crippen molar-refractivity contribution in [1.82, 2.24) is 20.2 Å². The van der Waals surface area contributed by atoms with Crippen molar-refractivity contribution < 1.29 is 9.53 Å². The third kappa shape index (κ3) is 4.89. The van der Waals surface area contributed by atoms with Crippen LogP contribution in [0.2, 0.25) is 0 Å². The van der Waals surface area contributed by atoms with Gasteiger partial charge in [0.25, 0.3) is 0 Å². The number of nitrogens with one attached hydrogen (secondary N) is 2. The molecule has 3 rings (SSSR count). The molecule has 1 aromatic heterocycles. The highest BCUT2D eigenvalue weighted by Gasteiger charge is 2.41. The van der Waals surface area contributed by atoms with Crippen LogP contribution in [0.25, 0.3) is 0 Å². The lowest BCUT2D eigenvalue weighted by Crippen LogP contribution is -2.46.